The van der Waals surface area contributed by atoms with Gasteiger partial charge in [0.15, 0.2) is 11.4 Å². The van der Waals surface area contributed by atoms with Crippen LogP contribution in [0, 0.1) is 22.5 Å². The molecule has 0 radical (unpaired) electrons. The Morgan fingerprint density at radius 2 is 1.89 bits per heavy atom. The van der Waals surface area contributed by atoms with Crippen LogP contribution in [0.5, 0.6) is 5.75 Å². The van der Waals surface area contributed by atoms with Crippen LogP contribution in [-0.2, 0) is 17.7 Å². The number of amides is 2. The van der Waals surface area contributed by atoms with Crippen LogP contribution in [0.15, 0.2) is 29.2 Å². The molecule has 3 N–H and O–H groups in total. The van der Waals surface area contributed by atoms with Crippen molar-refractivity contribution in [3.05, 3.63) is 63.1 Å². The summed E-state index contributed by atoms with van der Waals surface area (Å²) >= 11 is 0.599. The molecule has 10 nitrogen and oxygen atoms in total. The van der Waals surface area contributed by atoms with E-state index in [1.165, 1.54) is 21.7 Å². The van der Waals surface area contributed by atoms with Crippen LogP contribution in [0.3, 0.4) is 0 Å². The molecule has 202 valence electrons. The minimum absolute atomic E-state index is 0.0615. The molecule has 1 aromatic carbocycles. The molecule has 0 atom stereocenters. The number of thioether (sulfide) groups is 1. The van der Waals surface area contributed by atoms with E-state index in [9.17, 15) is 28.3 Å². The van der Waals surface area contributed by atoms with Crippen molar-refractivity contribution in [1.82, 2.24) is 14.4 Å². The van der Waals surface area contributed by atoms with E-state index in [1.807, 2.05) is 0 Å². The molecule has 3 heterocycles. The summed E-state index contributed by atoms with van der Waals surface area (Å²) in [6.45, 7) is 2.90. The number of halogens is 2. The number of carbonyl (C=O) groups excluding carboxylic acids is 2. The number of ether oxygens (including phenoxy) is 1. The number of likely N-dealkylation sites (tertiary alicyclic amines) is 1. The van der Waals surface area contributed by atoms with E-state index in [-0.39, 0.29) is 46.5 Å². The summed E-state index contributed by atoms with van der Waals surface area (Å²) in [7, 11) is 1.59. The Morgan fingerprint density at radius 3 is 2.53 bits per heavy atom. The normalized spacial score (nSPS) is 16.4. The summed E-state index contributed by atoms with van der Waals surface area (Å²) < 4.78 is 33.7. The van der Waals surface area contributed by atoms with Gasteiger partial charge in [-0.05, 0) is 31.4 Å². The van der Waals surface area contributed by atoms with Crippen LogP contribution >= 0.6 is 11.8 Å². The van der Waals surface area contributed by atoms with E-state index in [0.29, 0.717) is 43.8 Å². The second-order valence-electron chi connectivity index (χ2n) is 9.24. The van der Waals surface area contributed by atoms with Gasteiger partial charge in [-0.3, -0.25) is 20.4 Å². The lowest BCUT2D eigenvalue weighted by Gasteiger charge is -2.50. The molecule has 1 fully saturated rings. The van der Waals surface area contributed by atoms with Crippen molar-refractivity contribution in [2.75, 3.05) is 26.7 Å². The topological polar surface area (TPSA) is 140 Å². The second kappa shape index (κ2) is 10.6. The number of hydrogen-bond donors (Lipinski definition) is 3. The monoisotopic (exact) mass is 547 g/mol. The molecule has 0 saturated carbocycles. The summed E-state index contributed by atoms with van der Waals surface area (Å²) in [5, 5.41) is 26.7. The number of aromatic nitrogens is 1. The molecule has 0 unspecified atom stereocenters. The van der Waals surface area contributed by atoms with Gasteiger partial charge in [0.25, 0.3) is 5.91 Å². The number of aromatic hydroxyl groups is 1. The van der Waals surface area contributed by atoms with Crippen LogP contribution in [0.2, 0.25) is 0 Å². The van der Waals surface area contributed by atoms with E-state index < -0.39 is 40.4 Å². The van der Waals surface area contributed by atoms with Crippen molar-refractivity contribution in [2.45, 2.75) is 38.3 Å². The third kappa shape index (κ3) is 5.02. The zero-order chi connectivity index (χ0) is 27.8. The van der Waals surface area contributed by atoms with Crippen molar-refractivity contribution in [3.63, 3.8) is 0 Å². The first-order valence-corrected chi connectivity index (χ1v) is 12.7. The van der Waals surface area contributed by atoms with Gasteiger partial charge >= 0.3 is 6.09 Å². The fourth-order valence-corrected chi connectivity index (χ4v) is 5.55. The van der Waals surface area contributed by atoms with Gasteiger partial charge in [-0.2, -0.15) is 0 Å². The number of hydrogen-bond acceptors (Lipinski definition) is 8. The molecule has 2 aromatic rings. The standard InChI is InChI=1S/C25H27F2N5O5S/c1-3-37-24(36)31-8-6-25(7-9-31)13-32-12-16(20(33)21(34)19(32)23(35)30(25)2)22(29)38-18(28)10-14-4-5-15(26)11-17(14)27/h4-5,11-12,28-29,34H,3,6-10,13H2,1-2H3. The SMILES string of the molecule is CCOC(=O)N1CCC2(CC1)Cn1cc(C(=N)SC(=N)Cc3ccc(F)cc3F)c(=O)c(O)c1C(=O)N2C. The van der Waals surface area contributed by atoms with E-state index >= 15 is 0 Å². The number of carbonyl (C=O) groups is 2. The number of benzene rings is 1. The molecule has 0 bridgehead atoms. The summed E-state index contributed by atoms with van der Waals surface area (Å²) in [6, 6.07) is 2.97. The summed E-state index contributed by atoms with van der Waals surface area (Å²) in [6.07, 6.45) is 1.56. The molecule has 38 heavy (non-hydrogen) atoms. The predicted molar refractivity (Wildman–Crippen MR) is 137 cm³/mol. The Bertz CT molecular complexity index is 1390. The van der Waals surface area contributed by atoms with Gasteiger partial charge in [0.2, 0.25) is 5.43 Å². The number of piperidine rings is 1. The Morgan fingerprint density at radius 1 is 1.21 bits per heavy atom. The lowest BCUT2D eigenvalue weighted by molar-refractivity contribution is 0.00948. The quantitative estimate of drug-likeness (QED) is 0.397. The first-order chi connectivity index (χ1) is 18.0. The molecule has 4 rings (SSSR count). The maximum atomic E-state index is 14.0. The minimum atomic E-state index is -0.927. The van der Waals surface area contributed by atoms with E-state index in [2.05, 4.69) is 0 Å². The van der Waals surface area contributed by atoms with Gasteiger partial charge in [-0.1, -0.05) is 17.8 Å². The number of fused-ring (bicyclic) bond motifs is 1. The fourth-order valence-electron chi connectivity index (χ4n) is 4.82. The molecule has 1 saturated heterocycles. The zero-order valence-corrected chi connectivity index (χ0v) is 21.7. The average molecular weight is 548 g/mol. The van der Waals surface area contributed by atoms with Crippen LogP contribution in [0.1, 0.15) is 41.4 Å². The van der Waals surface area contributed by atoms with E-state index in [0.717, 1.165) is 6.07 Å². The molecule has 1 aromatic heterocycles. The predicted octanol–water partition coefficient (Wildman–Crippen LogP) is 3.19. The Balaban J connectivity index is 1.57. The second-order valence-corrected chi connectivity index (χ2v) is 10.3. The van der Waals surface area contributed by atoms with Gasteiger partial charge in [0.1, 0.15) is 16.7 Å². The first-order valence-electron chi connectivity index (χ1n) is 11.9. The maximum Gasteiger partial charge on any atom is 0.409 e. The lowest BCUT2D eigenvalue weighted by Crippen LogP contribution is -2.61. The minimum Gasteiger partial charge on any atom is -0.503 e. The van der Waals surface area contributed by atoms with Crippen molar-refractivity contribution >= 4 is 33.8 Å². The molecule has 2 amide bonds. The number of pyridine rings is 1. The molecule has 2 aliphatic heterocycles. The molecule has 2 aliphatic rings. The molecule has 0 aliphatic carbocycles. The van der Waals surface area contributed by atoms with Gasteiger partial charge in [0.05, 0.1) is 22.8 Å². The van der Waals surface area contributed by atoms with Crippen molar-refractivity contribution < 1.29 is 28.2 Å². The Hall–Kier alpha value is -3.74. The van der Waals surface area contributed by atoms with Crippen LogP contribution in [-0.4, -0.2) is 73.8 Å². The molecule has 13 heteroatoms. The van der Waals surface area contributed by atoms with Crippen LogP contribution < -0.4 is 5.43 Å². The number of nitrogens with zero attached hydrogens (tertiary/aromatic N) is 3. The zero-order valence-electron chi connectivity index (χ0n) is 20.8. The van der Waals surface area contributed by atoms with Crippen LogP contribution in [0.25, 0.3) is 0 Å². The van der Waals surface area contributed by atoms with Gasteiger partial charge in [-0.25, -0.2) is 13.6 Å². The van der Waals surface area contributed by atoms with Crippen molar-refractivity contribution in [1.29, 1.82) is 10.8 Å². The fraction of sp³-hybridized carbons (Fsp3) is 0.400. The molecule has 1 spiro atoms. The van der Waals surface area contributed by atoms with Crippen molar-refractivity contribution in [2.24, 2.45) is 0 Å². The van der Waals surface area contributed by atoms with Gasteiger partial charge in [-0.15, -0.1) is 0 Å². The highest BCUT2D eigenvalue weighted by atomic mass is 32.2. The largest absolute Gasteiger partial charge is 0.503 e. The summed E-state index contributed by atoms with van der Waals surface area (Å²) in [5.74, 6) is -2.92. The molecular formula is C25H27F2N5O5S. The Labute approximate surface area is 221 Å². The lowest BCUT2D eigenvalue weighted by atomic mass is 9.83. The summed E-state index contributed by atoms with van der Waals surface area (Å²) in [5.41, 5.74) is -1.96. The Kier molecular flexibility index (Phi) is 7.58. The number of nitrogens with one attached hydrogen (secondary N) is 2. The highest BCUT2D eigenvalue weighted by Crippen LogP contribution is 2.36. The smallest absolute Gasteiger partial charge is 0.409 e. The highest BCUT2D eigenvalue weighted by molar-refractivity contribution is 8.26. The average Bonchev–Trinajstić information content (AvgIpc) is 2.87. The first kappa shape index (κ1) is 27.3. The van der Waals surface area contributed by atoms with Crippen LogP contribution in [0.4, 0.5) is 13.6 Å². The number of rotatable bonds is 4. The maximum absolute atomic E-state index is 14.0. The van der Waals surface area contributed by atoms with Crippen molar-refractivity contribution in [3.8, 4) is 5.75 Å². The van der Waals surface area contributed by atoms with Gasteiger partial charge < -0.3 is 24.2 Å². The highest BCUT2D eigenvalue weighted by Gasteiger charge is 2.47. The number of likely N-dealkylation sites (N-methyl/N-ethyl adjacent to an activating group) is 1. The van der Waals surface area contributed by atoms with E-state index in [4.69, 9.17) is 15.6 Å². The van der Waals surface area contributed by atoms with Gasteiger partial charge in [0, 0.05) is 45.4 Å². The molecular weight excluding hydrogens is 520 g/mol. The summed E-state index contributed by atoms with van der Waals surface area (Å²) in [4.78, 5) is 41.3. The third-order valence-electron chi connectivity index (χ3n) is 7.00. The van der Waals surface area contributed by atoms with E-state index in [1.54, 1.807) is 18.9 Å². The third-order valence-corrected chi connectivity index (χ3v) is 7.81.